The number of likely N-dealkylation sites (tertiary alicyclic amines) is 1. The molecule has 3 atom stereocenters. The zero-order valence-corrected chi connectivity index (χ0v) is 8.57. The smallest absolute Gasteiger partial charge is 0.227 e. The average molecular weight is 198 g/mol. The quantitative estimate of drug-likeness (QED) is 0.633. The van der Waals surface area contributed by atoms with Gasteiger partial charge in [-0.15, -0.1) is 0 Å². The zero-order valence-electron chi connectivity index (χ0n) is 8.57. The molecule has 4 heteroatoms. The van der Waals surface area contributed by atoms with Crippen LogP contribution in [0.5, 0.6) is 0 Å². The monoisotopic (exact) mass is 198 g/mol. The number of rotatable bonds is 2. The van der Waals surface area contributed by atoms with Crippen molar-refractivity contribution in [3.8, 4) is 0 Å². The van der Waals surface area contributed by atoms with E-state index < -0.39 is 6.10 Å². The molecule has 0 spiro atoms. The molecular formula is C10H18N2O2. The maximum Gasteiger partial charge on any atom is 0.227 e. The van der Waals surface area contributed by atoms with Gasteiger partial charge >= 0.3 is 0 Å². The number of carbonyl (C=O) groups is 1. The highest BCUT2D eigenvalue weighted by Crippen LogP contribution is 2.26. The van der Waals surface area contributed by atoms with Crippen LogP contribution in [0.15, 0.2) is 0 Å². The SMILES string of the molecule is CC(O)CN1CC2NCCCC2C1=O. The molecule has 0 saturated carbocycles. The van der Waals surface area contributed by atoms with Crippen molar-refractivity contribution in [2.75, 3.05) is 19.6 Å². The van der Waals surface area contributed by atoms with Crippen LogP contribution >= 0.6 is 0 Å². The summed E-state index contributed by atoms with van der Waals surface area (Å²) < 4.78 is 0. The summed E-state index contributed by atoms with van der Waals surface area (Å²) in [5, 5.41) is 12.6. The first kappa shape index (κ1) is 9.93. The third-order valence-electron chi connectivity index (χ3n) is 3.11. The standard InChI is InChI=1S/C10H18N2O2/c1-7(13)5-12-6-9-8(10(12)14)3-2-4-11-9/h7-9,11,13H,2-6H2,1H3. The van der Waals surface area contributed by atoms with Gasteiger partial charge in [-0.2, -0.15) is 0 Å². The maximum absolute atomic E-state index is 11.9. The van der Waals surface area contributed by atoms with Crippen LogP contribution in [-0.2, 0) is 4.79 Å². The van der Waals surface area contributed by atoms with Crippen molar-refractivity contribution in [2.24, 2.45) is 5.92 Å². The minimum atomic E-state index is -0.417. The Morgan fingerprint density at radius 2 is 2.50 bits per heavy atom. The number of aliphatic hydroxyl groups is 1. The molecule has 14 heavy (non-hydrogen) atoms. The highest BCUT2D eigenvalue weighted by molar-refractivity contribution is 5.82. The molecule has 4 nitrogen and oxygen atoms in total. The van der Waals surface area contributed by atoms with E-state index in [1.165, 1.54) is 0 Å². The molecule has 3 unspecified atom stereocenters. The number of nitrogens with one attached hydrogen (secondary N) is 1. The molecule has 0 aromatic rings. The van der Waals surface area contributed by atoms with Gasteiger partial charge in [-0.1, -0.05) is 0 Å². The fourth-order valence-corrected chi connectivity index (χ4v) is 2.49. The predicted octanol–water partition coefficient (Wildman–Crippen LogP) is -0.422. The number of hydrogen-bond acceptors (Lipinski definition) is 3. The summed E-state index contributed by atoms with van der Waals surface area (Å²) in [4.78, 5) is 13.6. The number of aliphatic hydroxyl groups excluding tert-OH is 1. The van der Waals surface area contributed by atoms with Gasteiger partial charge in [-0.05, 0) is 26.3 Å². The lowest BCUT2D eigenvalue weighted by molar-refractivity contribution is -0.132. The van der Waals surface area contributed by atoms with Gasteiger partial charge in [0.05, 0.1) is 12.0 Å². The Kier molecular flexibility index (Phi) is 2.74. The number of nitrogens with zero attached hydrogens (tertiary/aromatic N) is 1. The van der Waals surface area contributed by atoms with E-state index in [0.29, 0.717) is 12.6 Å². The highest BCUT2D eigenvalue weighted by Gasteiger charge is 2.41. The maximum atomic E-state index is 11.9. The Morgan fingerprint density at radius 3 is 3.14 bits per heavy atom. The molecular weight excluding hydrogens is 180 g/mol. The Labute approximate surface area is 84.3 Å². The van der Waals surface area contributed by atoms with Crippen LogP contribution in [0.4, 0.5) is 0 Å². The molecule has 0 aliphatic carbocycles. The van der Waals surface area contributed by atoms with Crippen molar-refractivity contribution >= 4 is 5.91 Å². The lowest BCUT2D eigenvalue weighted by Gasteiger charge is -2.23. The van der Waals surface area contributed by atoms with E-state index in [0.717, 1.165) is 25.9 Å². The summed E-state index contributed by atoms with van der Waals surface area (Å²) in [6, 6.07) is 0.329. The second kappa shape index (κ2) is 3.87. The summed E-state index contributed by atoms with van der Waals surface area (Å²) in [5.74, 6) is 0.394. The Hall–Kier alpha value is -0.610. The van der Waals surface area contributed by atoms with Gasteiger partial charge in [0.1, 0.15) is 0 Å². The molecule has 2 rings (SSSR count). The molecule has 0 aromatic heterocycles. The van der Waals surface area contributed by atoms with Crippen LogP contribution in [0.2, 0.25) is 0 Å². The molecule has 0 radical (unpaired) electrons. The van der Waals surface area contributed by atoms with Crippen LogP contribution in [0.1, 0.15) is 19.8 Å². The fraction of sp³-hybridized carbons (Fsp3) is 0.900. The normalized spacial score (nSPS) is 34.4. The first-order valence-electron chi connectivity index (χ1n) is 5.38. The van der Waals surface area contributed by atoms with Gasteiger partial charge in [0.2, 0.25) is 5.91 Å². The third-order valence-corrected chi connectivity index (χ3v) is 3.11. The lowest BCUT2D eigenvalue weighted by Crippen LogP contribution is -2.41. The van der Waals surface area contributed by atoms with Crippen molar-refractivity contribution in [3.63, 3.8) is 0 Å². The largest absolute Gasteiger partial charge is 0.392 e. The molecule has 1 amide bonds. The van der Waals surface area contributed by atoms with Crippen molar-refractivity contribution in [1.82, 2.24) is 10.2 Å². The number of amides is 1. The number of hydrogen-bond donors (Lipinski definition) is 2. The third kappa shape index (κ3) is 1.77. The van der Waals surface area contributed by atoms with E-state index in [-0.39, 0.29) is 11.8 Å². The molecule has 2 fully saturated rings. The number of fused-ring (bicyclic) bond motifs is 1. The Balaban J connectivity index is 1.99. The molecule has 2 aliphatic heterocycles. The molecule has 2 saturated heterocycles. The Morgan fingerprint density at radius 1 is 1.71 bits per heavy atom. The summed E-state index contributed by atoms with van der Waals surface area (Å²) in [6.07, 6.45) is 1.68. The fourth-order valence-electron chi connectivity index (χ4n) is 2.49. The van der Waals surface area contributed by atoms with Crippen molar-refractivity contribution in [1.29, 1.82) is 0 Å². The topological polar surface area (TPSA) is 52.6 Å². The van der Waals surface area contributed by atoms with Crippen molar-refractivity contribution in [2.45, 2.75) is 31.9 Å². The number of carbonyl (C=O) groups excluding carboxylic acids is 1. The predicted molar refractivity (Wildman–Crippen MR) is 52.8 cm³/mol. The van der Waals surface area contributed by atoms with E-state index in [9.17, 15) is 9.90 Å². The molecule has 0 aromatic carbocycles. The van der Waals surface area contributed by atoms with E-state index in [4.69, 9.17) is 0 Å². The summed E-state index contributed by atoms with van der Waals surface area (Å²) >= 11 is 0. The van der Waals surface area contributed by atoms with Crippen LogP contribution < -0.4 is 5.32 Å². The van der Waals surface area contributed by atoms with E-state index in [1.807, 2.05) is 0 Å². The van der Waals surface area contributed by atoms with Crippen molar-refractivity contribution < 1.29 is 9.90 Å². The lowest BCUT2D eigenvalue weighted by atomic mass is 9.94. The van der Waals surface area contributed by atoms with Crippen LogP contribution in [0.3, 0.4) is 0 Å². The van der Waals surface area contributed by atoms with E-state index in [2.05, 4.69) is 5.32 Å². The van der Waals surface area contributed by atoms with Gasteiger partial charge in [0, 0.05) is 19.1 Å². The van der Waals surface area contributed by atoms with Gasteiger partial charge in [-0.25, -0.2) is 0 Å². The molecule has 2 aliphatic rings. The van der Waals surface area contributed by atoms with Gasteiger partial charge in [-0.3, -0.25) is 4.79 Å². The number of piperidine rings is 1. The second-order valence-corrected chi connectivity index (χ2v) is 4.40. The molecule has 0 bridgehead atoms. The van der Waals surface area contributed by atoms with Gasteiger partial charge in [0.25, 0.3) is 0 Å². The molecule has 2 N–H and O–H groups in total. The Bertz CT molecular complexity index is 230. The summed E-state index contributed by atoms with van der Waals surface area (Å²) in [6.45, 7) is 4.00. The molecule has 80 valence electrons. The number of β-amino-alcohol motifs (C(OH)–C–C–N with tert-alkyl or cyclic N) is 1. The van der Waals surface area contributed by atoms with E-state index >= 15 is 0 Å². The van der Waals surface area contributed by atoms with Crippen LogP contribution in [0.25, 0.3) is 0 Å². The van der Waals surface area contributed by atoms with Crippen molar-refractivity contribution in [3.05, 3.63) is 0 Å². The second-order valence-electron chi connectivity index (χ2n) is 4.40. The minimum absolute atomic E-state index is 0.169. The van der Waals surface area contributed by atoms with Crippen LogP contribution in [-0.4, -0.2) is 47.7 Å². The van der Waals surface area contributed by atoms with E-state index in [1.54, 1.807) is 11.8 Å². The van der Waals surface area contributed by atoms with Gasteiger partial charge < -0.3 is 15.3 Å². The summed E-state index contributed by atoms with van der Waals surface area (Å²) in [7, 11) is 0. The first-order valence-corrected chi connectivity index (χ1v) is 5.38. The minimum Gasteiger partial charge on any atom is -0.392 e. The highest BCUT2D eigenvalue weighted by atomic mass is 16.3. The summed E-state index contributed by atoms with van der Waals surface area (Å²) in [5.41, 5.74) is 0. The average Bonchev–Trinajstić information content (AvgIpc) is 2.44. The first-order chi connectivity index (χ1) is 6.68. The van der Waals surface area contributed by atoms with Gasteiger partial charge in [0.15, 0.2) is 0 Å². The molecule has 2 heterocycles. The van der Waals surface area contributed by atoms with Crippen LogP contribution in [0, 0.1) is 5.92 Å². The zero-order chi connectivity index (χ0) is 10.1.